The van der Waals surface area contributed by atoms with Crippen LogP contribution in [0.1, 0.15) is 54.4 Å². The fourth-order valence-corrected chi connectivity index (χ4v) is 5.20. The van der Waals surface area contributed by atoms with Gasteiger partial charge in [0, 0.05) is 20.0 Å². The van der Waals surface area contributed by atoms with Crippen LogP contribution in [0.25, 0.3) is 0 Å². The molecule has 3 atom stereocenters. The topological polar surface area (TPSA) is 191 Å². The van der Waals surface area contributed by atoms with Gasteiger partial charge in [-0.25, -0.2) is 19.6 Å². The van der Waals surface area contributed by atoms with Gasteiger partial charge in [0.2, 0.25) is 4.45 Å². The molecule has 0 aromatic carbocycles. The molecule has 14 nitrogen and oxygen atoms in total. The first-order valence-electron chi connectivity index (χ1n) is 15.9. The van der Waals surface area contributed by atoms with E-state index in [1.807, 2.05) is 0 Å². The van der Waals surface area contributed by atoms with E-state index in [2.05, 4.69) is 58.2 Å². The number of thioether (sulfide) groups is 1. The summed E-state index contributed by atoms with van der Waals surface area (Å²) in [5, 5.41) is 7.62. The maximum atomic E-state index is 13.3. The monoisotopic (exact) mass is 741 g/mol. The molecule has 1 rings (SSSR count). The van der Waals surface area contributed by atoms with Gasteiger partial charge >= 0.3 is 18.0 Å². The molecule has 0 fully saturated rings. The van der Waals surface area contributed by atoms with E-state index in [1.165, 1.54) is 19.2 Å². The minimum atomic E-state index is -1.44. The first-order valence-corrected chi connectivity index (χ1v) is 21.1. The van der Waals surface area contributed by atoms with E-state index in [9.17, 15) is 28.8 Å². The smallest absolute Gasteiger partial charge is 0.408 e. The standard InChI is InChI=1S/C32H51N5O9S2Si/c1-10-22(36-28(40)23-18-33-24(35-23)19-34-30(42)46-32(4,5)6)27(39)37-26(20(2)3)29(41)45-21(13-11-12-15-48-31(43)47)17-25(38)44-14-16-49(7,8)9/h10-11,13,18,20-21,23,26H,12,14-17,19H2,1-9H3,(H,34,42)(H,36,40)(H,37,39)(H,43,47)/b13-11+,22-10-/t21-,23?,26+/m1/s1. The Kier molecular flexibility index (Phi) is 18.6. The summed E-state index contributed by atoms with van der Waals surface area (Å²) in [6.07, 6.45) is 4.47. The van der Waals surface area contributed by atoms with Crippen molar-refractivity contribution in [1.82, 2.24) is 16.0 Å². The number of carbonyl (C=O) groups is 6. The number of carbonyl (C=O) groups excluding carboxylic acids is 6. The van der Waals surface area contributed by atoms with Gasteiger partial charge in [-0.1, -0.05) is 70.0 Å². The Bertz CT molecular complexity index is 1320. The molecule has 1 unspecified atom stereocenters. The van der Waals surface area contributed by atoms with Gasteiger partial charge in [0.15, 0.2) is 6.04 Å². The van der Waals surface area contributed by atoms with Crippen molar-refractivity contribution in [3.8, 4) is 0 Å². The first kappa shape index (κ1) is 43.6. The Morgan fingerprint density at radius 3 is 2.37 bits per heavy atom. The number of amides is 3. The minimum Gasteiger partial charge on any atom is -0.466 e. The number of esters is 2. The number of rotatable bonds is 18. The van der Waals surface area contributed by atoms with Gasteiger partial charge in [-0.3, -0.25) is 19.2 Å². The van der Waals surface area contributed by atoms with Gasteiger partial charge in [-0.05, 0) is 52.2 Å². The zero-order chi connectivity index (χ0) is 37.4. The van der Waals surface area contributed by atoms with Crippen molar-refractivity contribution in [3.05, 3.63) is 23.9 Å². The van der Waals surface area contributed by atoms with Gasteiger partial charge in [-0.2, -0.15) is 0 Å². The van der Waals surface area contributed by atoms with E-state index in [0.29, 0.717) is 12.2 Å². The van der Waals surface area contributed by atoms with E-state index in [0.717, 1.165) is 17.8 Å². The Morgan fingerprint density at radius 2 is 1.80 bits per heavy atom. The van der Waals surface area contributed by atoms with Crippen LogP contribution in [0.2, 0.25) is 25.7 Å². The second kappa shape index (κ2) is 20.9. The molecule has 49 heavy (non-hydrogen) atoms. The van der Waals surface area contributed by atoms with E-state index in [4.69, 9.17) is 14.2 Å². The van der Waals surface area contributed by atoms with Gasteiger partial charge in [0.1, 0.15) is 29.3 Å². The lowest BCUT2D eigenvalue weighted by Crippen LogP contribution is -2.49. The summed E-state index contributed by atoms with van der Waals surface area (Å²) >= 11 is 4.75. The molecule has 1 heterocycles. The quantitative estimate of drug-likeness (QED) is 0.0297. The number of thiol groups is 1. The number of alkyl carbamates (subject to hydrolysis) is 1. The number of hydrogen-bond acceptors (Lipinski definition) is 12. The summed E-state index contributed by atoms with van der Waals surface area (Å²) in [5.41, 5.74) is -0.818. The molecule has 0 saturated heterocycles. The van der Waals surface area contributed by atoms with Gasteiger partial charge in [0.05, 0.1) is 19.6 Å². The molecule has 0 aromatic heterocycles. The van der Waals surface area contributed by atoms with Gasteiger partial charge < -0.3 is 30.2 Å². The number of hydrogen-bond donors (Lipinski definition) is 4. The molecule has 1 aliphatic rings. The van der Waals surface area contributed by atoms with E-state index in [-0.39, 0.29) is 35.6 Å². The largest absolute Gasteiger partial charge is 0.466 e. The predicted molar refractivity (Wildman–Crippen MR) is 197 cm³/mol. The number of amidine groups is 1. The van der Waals surface area contributed by atoms with Crippen molar-refractivity contribution in [2.24, 2.45) is 15.9 Å². The summed E-state index contributed by atoms with van der Waals surface area (Å²) in [6.45, 7) is 16.8. The molecule has 274 valence electrons. The highest BCUT2D eigenvalue weighted by Crippen LogP contribution is 2.14. The molecule has 17 heteroatoms. The highest BCUT2D eigenvalue weighted by atomic mass is 32.2. The summed E-state index contributed by atoms with van der Waals surface area (Å²) in [5.74, 6) is -2.51. The molecule has 0 spiro atoms. The van der Waals surface area contributed by atoms with Crippen molar-refractivity contribution in [3.63, 3.8) is 0 Å². The third-order valence-electron chi connectivity index (χ3n) is 6.32. The Hall–Kier alpha value is -3.44. The number of nitrogens with zero attached hydrogens (tertiary/aromatic N) is 2. The third kappa shape index (κ3) is 19.4. The third-order valence-corrected chi connectivity index (χ3v) is 9.10. The number of ether oxygens (including phenoxy) is 3. The highest BCUT2D eigenvalue weighted by Gasteiger charge is 2.31. The normalized spacial score (nSPS) is 16.1. The summed E-state index contributed by atoms with van der Waals surface area (Å²) < 4.78 is 15.9. The molecule has 0 bridgehead atoms. The first-order chi connectivity index (χ1) is 22.7. The van der Waals surface area contributed by atoms with Crippen molar-refractivity contribution in [2.75, 3.05) is 18.9 Å². The predicted octanol–water partition coefficient (Wildman–Crippen LogP) is 4.44. The highest BCUT2D eigenvalue weighted by molar-refractivity contribution is 8.32. The van der Waals surface area contributed by atoms with Crippen LogP contribution in [0.5, 0.6) is 0 Å². The maximum Gasteiger partial charge on any atom is 0.408 e. The summed E-state index contributed by atoms with van der Waals surface area (Å²) in [4.78, 5) is 83.3. The number of aliphatic imine (C=N–C) groups is 2. The number of nitrogens with one attached hydrogen (secondary N) is 3. The Balaban J connectivity index is 2.90. The summed E-state index contributed by atoms with van der Waals surface area (Å²) in [6, 6.07) is -1.40. The molecule has 0 aliphatic carbocycles. The molecular weight excluding hydrogens is 691 g/mol. The van der Waals surface area contributed by atoms with E-state index >= 15 is 0 Å². The van der Waals surface area contributed by atoms with Crippen LogP contribution >= 0.6 is 24.4 Å². The average molecular weight is 742 g/mol. The molecule has 3 amide bonds. The average Bonchev–Trinajstić information content (AvgIpc) is 3.44. The molecule has 3 N–H and O–H groups in total. The Morgan fingerprint density at radius 1 is 1.12 bits per heavy atom. The molecule has 0 saturated carbocycles. The molecular formula is C32H51N5O9S2Si. The van der Waals surface area contributed by atoms with Crippen LogP contribution in [0.4, 0.5) is 9.59 Å². The molecule has 1 aliphatic heterocycles. The van der Waals surface area contributed by atoms with Crippen LogP contribution in [0, 0.1) is 5.92 Å². The van der Waals surface area contributed by atoms with Crippen molar-refractivity contribution < 1.29 is 43.0 Å². The lowest BCUT2D eigenvalue weighted by atomic mass is 10.0. The van der Waals surface area contributed by atoms with Crippen molar-refractivity contribution in [2.45, 2.75) is 104 Å². The van der Waals surface area contributed by atoms with Gasteiger partial charge in [0.25, 0.3) is 11.8 Å². The lowest BCUT2D eigenvalue weighted by Gasteiger charge is -2.24. The second-order valence-electron chi connectivity index (χ2n) is 13.6. The van der Waals surface area contributed by atoms with Crippen molar-refractivity contribution >= 4 is 78.8 Å². The van der Waals surface area contributed by atoms with Gasteiger partial charge in [-0.15, -0.1) is 0 Å². The Labute approximate surface area is 299 Å². The number of allylic oxidation sites excluding steroid dienone is 2. The summed E-state index contributed by atoms with van der Waals surface area (Å²) in [7, 11) is -1.44. The second-order valence-corrected chi connectivity index (χ2v) is 21.0. The van der Waals surface area contributed by atoms with E-state index in [1.54, 1.807) is 46.8 Å². The lowest BCUT2D eigenvalue weighted by molar-refractivity contribution is -0.156. The van der Waals surface area contributed by atoms with Crippen LogP contribution < -0.4 is 16.0 Å². The fourth-order valence-electron chi connectivity index (χ4n) is 3.78. The van der Waals surface area contributed by atoms with Crippen LogP contribution in [0.15, 0.2) is 33.9 Å². The van der Waals surface area contributed by atoms with Crippen LogP contribution in [-0.2, 0) is 33.4 Å². The molecule has 0 aromatic rings. The SMILES string of the molecule is C/C=C(\NC(=O)C1C=NC(CNC(=O)OC(C)(C)C)=N1)C(=O)N[C@H](C(=O)O[C@H](/C=C/CCSC(=O)S)CC(=O)OCC[Si](C)(C)C)C(C)C. The zero-order valence-corrected chi connectivity index (χ0v) is 32.5. The zero-order valence-electron chi connectivity index (χ0n) is 29.8. The minimum absolute atomic E-state index is 0.0645. The maximum absolute atomic E-state index is 13.3. The fraction of sp³-hybridized carbons (Fsp3) is 0.625. The van der Waals surface area contributed by atoms with Crippen molar-refractivity contribution in [1.29, 1.82) is 0 Å². The van der Waals surface area contributed by atoms with Crippen LogP contribution in [0.3, 0.4) is 0 Å². The molecule has 0 radical (unpaired) electrons. The van der Waals surface area contributed by atoms with E-state index < -0.39 is 67.6 Å². The van der Waals surface area contributed by atoms with Crippen LogP contribution in [-0.4, -0.2) is 97.1 Å².